The first kappa shape index (κ1) is 15.4. The summed E-state index contributed by atoms with van der Waals surface area (Å²) in [6, 6.07) is 17.3. The molecular weight excluding hydrogens is 314 g/mol. The SMILES string of the molecule is O=C(NC1CC(=O)N(Cc2ccccc2)C1)c1ccc2cc[nH]c2c1. The molecule has 0 spiro atoms. The van der Waals surface area contributed by atoms with E-state index in [0.717, 1.165) is 16.5 Å². The van der Waals surface area contributed by atoms with Gasteiger partial charge in [-0.25, -0.2) is 0 Å². The van der Waals surface area contributed by atoms with Crippen molar-refractivity contribution in [2.75, 3.05) is 6.54 Å². The standard InChI is InChI=1S/C20H19N3O2/c24-19-11-17(13-23(19)12-14-4-2-1-3-5-14)22-20(25)16-7-6-15-8-9-21-18(15)10-16/h1-10,17,21H,11-13H2,(H,22,25). The van der Waals surface area contributed by atoms with Gasteiger partial charge in [-0.05, 0) is 29.1 Å². The number of carbonyl (C=O) groups is 2. The number of benzene rings is 2. The van der Waals surface area contributed by atoms with Crippen LogP contribution in [0.25, 0.3) is 10.9 Å². The van der Waals surface area contributed by atoms with Crippen LogP contribution in [0, 0.1) is 0 Å². The second-order valence-corrected chi connectivity index (χ2v) is 6.41. The lowest BCUT2D eigenvalue weighted by molar-refractivity contribution is -0.128. The third kappa shape index (κ3) is 3.26. The Morgan fingerprint density at radius 2 is 2.00 bits per heavy atom. The van der Waals surface area contributed by atoms with Gasteiger partial charge >= 0.3 is 0 Å². The molecule has 0 saturated carbocycles. The van der Waals surface area contributed by atoms with E-state index in [9.17, 15) is 9.59 Å². The number of likely N-dealkylation sites (tertiary alicyclic amines) is 1. The van der Waals surface area contributed by atoms with Gasteiger partial charge in [0.2, 0.25) is 5.91 Å². The highest BCUT2D eigenvalue weighted by molar-refractivity contribution is 5.98. The molecule has 4 rings (SSSR count). The Morgan fingerprint density at radius 1 is 1.16 bits per heavy atom. The molecule has 5 nitrogen and oxygen atoms in total. The fourth-order valence-electron chi connectivity index (χ4n) is 3.28. The molecule has 3 aromatic rings. The summed E-state index contributed by atoms with van der Waals surface area (Å²) in [5.74, 6) is -0.0650. The molecule has 5 heteroatoms. The molecule has 1 unspecified atom stereocenters. The number of carbonyl (C=O) groups excluding carboxylic acids is 2. The van der Waals surface area contributed by atoms with Gasteiger partial charge in [-0.15, -0.1) is 0 Å². The van der Waals surface area contributed by atoms with Gasteiger partial charge in [-0.1, -0.05) is 36.4 Å². The molecule has 1 aromatic heterocycles. The number of hydrogen-bond donors (Lipinski definition) is 2. The van der Waals surface area contributed by atoms with Crippen molar-refractivity contribution in [1.29, 1.82) is 0 Å². The smallest absolute Gasteiger partial charge is 0.251 e. The minimum atomic E-state index is -0.150. The molecule has 126 valence electrons. The number of amides is 2. The number of hydrogen-bond acceptors (Lipinski definition) is 2. The summed E-state index contributed by atoms with van der Waals surface area (Å²) in [7, 11) is 0. The minimum absolute atomic E-state index is 0.0778. The lowest BCUT2D eigenvalue weighted by atomic mass is 10.1. The molecule has 2 amide bonds. The summed E-state index contributed by atoms with van der Waals surface area (Å²) < 4.78 is 0. The van der Waals surface area contributed by atoms with Crippen LogP contribution in [-0.4, -0.2) is 34.3 Å². The van der Waals surface area contributed by atoms with E-state index < -0.39 is 0 Å². The van der Waals surface area contributed by atoms with Crippen LogP contribution in [0.3, 0.4) is 0 Å². The first-order valence-corrected chi connectivity index (χ1v) is 8.39. The molecule has 0 radical (unpaired) electrons. The summed E-state index contributed by atoms with van der Waals surface area (Å²) in [5.41, 5.74) is 2.63. The zero-order chi connectivity index (χ0) is 17.2. The Morgan fingerprint density at radius 3 is 2.84 bits per heavy atom. The van der Waals surface area contributed by atoms with E-state index in [1.54, 1.807) is 4.90 Å². The van der Waals surface area contributed by atoms with Gasteiger partial charge in [0.25, 0.3) is 5.91 Å². The average molecular weight is 333 g/mol. The van der Waals surface area contributed by atoms with Crippen molar-refractivity contribution < 1.29 is 9.59 Å². The third-order valence-electron chi connectivity index (χ3n) is 4.58. The number of nitrogens with one attached hydrogen (secondary N) is 2. The van der Waals surface area contributed by atoms with E-state index in [1.807, 2.05) is 60.8 Å². The van der Waals surface area contributed by atoms with Crippen LogP contribution in [0.5, 0.6) is 0 Å². The number of rotatable bonds is 4. The predicted molar refractivity (Wildman–Crippen MR) is 96.0 cm³/mol. The maximum absolute atomic E-state index is 12.5. The summed E-state index contributed by atoms with van der Waals surface area (Å²) in [5, 5.41) is 4.05. The maximum Gasteiger partial charge on any atom is 0.251 e. The van der Waals surface area contributed by atoms with Crippen molar-refractivity contribution in [2.45, 2.75) is 19.0 Å². The molecule has 1 aliphatic rings. The first-order valence-electron chi connectivity index (χ1n) is 8.39. The predicted octanol–water partition coefficient (Wildman–Crippen LogP) is 2.70. The van der Waals surface area contributed by atoms with Crippen molar-refractivity contribution in [2.24, 2.45) is 0 Å². The van der Waals surface area contributed by atoms with Crippen LogP contribution in [0.2, 0.25) is 0 Å². The van der Waals surface area contributed by atoms with Crippen LogP contribution >= 0.6 is 0 Å². The van der Waals surface area contributed by atoms with E-state index in [0.29, 0.717) is 25.1 Å². The Labute approximate surface area is 145 Å². The van der Waals surface area contributed by atoms with Crippen LogP contribution < -0.4 is 5.32 Å². The first-order chi connectivity index (χ1) is 12.2. The van der Waals surface area contributed by atoms with Gasteiger partial charge in [-0.3, -0.25) is 9.59 Å². The molecule has 2 N–H and O–H groups in total. The molecule has 0 aliphatic carbocycles. The van der Waals surface area contributed by atoms with Gasteiger partial charge in [0.05, 0.1) is 6.04 Å². The van der Waals surface area contributed by atoms with Gasteiger partial charge in [0.1, 0.15) is 0 Å². The monoisotopic (exact) mass is 333 g/mol. The summed E-state index contributed by atoms with van der Waals surface area (Å²) >= 11 is 0. The Bertz CT molecular complexity index is 917. The molecule has 1 aliphatic heterocycles. The number of aromatic nitrogens is 1. The highest BCUT2D eigenvalue weighted by Crippen LogP contribution is 2.17. The van der Waals surface area contributed by atoms with Crippen molar-refractivity contribution in [3.05, 3.63) is 71.9 Å². The maximum atomic E-state index is 12.5. The van der Waals surface area contributed by atoms with E-state index in [-0.39, 0.29) is 17.9 Å². The lowest BCUT2D eigenvalue weighted by Crippen LogP contribution is -2.37. The highest BCUT2D eigenvalue weighted by Gasteiger charge is 2.30. The zero-order valence-electron chi connectivity index (χ0n) is 13.7. The van der Waals surface area contributed by atoms with Gasteiger partial charge in [0, 0.05) is 36.8 Å². The second-order valence-electron chi connectivity index (χ2n) is 6.41. The Balaban J connectivity index is 1.41. The van der Waals surface area contributed by atoms with Gasteiger partial charge in [-0.2, -0.15) is 0 Å². The summed E-state index contributed by atoms with van der Waals surface area (Å²) in [6.07, 6.45) is 2.20. The molecule has 2 aromatic carbocycles. The molecule has 1 atom stereocenters. The number of fused-ring (bicyclic) bond motifs is 1. The van der Waals surface area contributed by atoms with Crippen molar-refractivity contribution in [3.63, 3.8) is 0 Å². The summed E-state index contributed by atoms with van der Waals surface area (Å²) in [6.45, 7) is 1.13. The van der Waals surface area contributed by atoms with Gasteiger partial charge in [0.15, 0.2) is 0 Å². The van der Waals surface area contributed by atoms with E-state index in [2.05, 4.69) is 10.3 Å². The van der Waals surface area contributed by atoms with Crippen molar-refractivity contribution in [1.82, 2.24) is 15.2 Å². The summed E-state index contributed by atoms with van der Waals surface area (Å²) in [4.78, 5) is 29.6. The van der Waals surface area contributed by atoms with E-state index >= 15 is 0 Å². The van der Waals surface area contributed by atoms with Crippen molar-refractivity contribution in [3.8, 4) is 0 Å². The number of H-pyrrole nitrogens is 1. The van der Waals surface area contributed by atoms with Crippen LogP contribution in [0.4, 0.5) is 0 Å². The lowest BCUT2D eigenvalue weighted by Gasteiger charge is -2.17. The molecular formula is C20H19N3O2. The molecule has 0 bridgehead atoms. The average Bonchev–Trinajstić information content (AvgIpc) is 3.22. The van der Waals surface area contributed by atoms with E-state index in [1.165, 1.54) is 0 Å². The highest BCUT2D eigenvalue weighted by atomic mass is 16.2. The minimum Gasteiger partial charge on any atom is -0.361 e. The third-order valence-corrected chi connectivity index (χ3v) is 4.58. The molecule has 1 saturated heterocycles. The fraction of sp³-hybridized carbons (Fsp3) is 0.200. The fourth-order valence-corrected chi connectivity index (χ4v) is 3.28. The molecule has 2 heterocycles. The van der Waals surface area contributed by atoms with Crippen molar-refractivity contribution >= 4 is 22.7 Å². The Hall–Kier alpha value is -3.08. The quantitative estimate of drug-likeness (QED) is 0.771. The zero-order valence-corrected chi connectivity index (χ0v) is 13.7. The van der Waals surface area contributed by atoms with Crippen LogP contribution in [-0.2, 0) is 11.3 Å². The molecule has 1 fully saturated rings. The van der Waals surface area contributed by atoms with E-state index in [4.69, 9.17) is 0 Å². The largest absolute Gasteiger partial charge is 0.361 e. The molecule has 25 heavy (non-hydrogen) atoms. The van der Waals surface area contributed by atoms with Gasteiger partial charge < -0.3 is 15.2 Å². The number of nitrogens with zero attached hydrogens (tertiary/aromatic N) is 1. The number of aromatic amines is 1. The van der Waals surface area contributed by atoms with Crippen LogP contribution in [0.1, 0.15) is 22.3 Å². The second kappa shape index (κ2) is 6.43. The van der Waals surface area contributed by atoms with Crippen LogP contribution in [0.15, 0.2) is 60.8 Å². The normalized spacial score (nSPS) is 17.2. The topological polar surface area (TPSA) is 65.2 Å². The Kier molecular flexibility index (Phi) is 3.98.